The molecule has 1 heterocycles. The lowest BCUT2D eigenvalue weighted by atomic mass is 10.1. The van der Waals surface area contributed by atoms with Crippen LogP contribution in [0, 0.1) is 0 Å². The second-order valence-corrected chi connectivity index (χ2v) is 4.46. The fourth-order valence-electron chi connectivity index (χ4n) is 1.95. The molecule has 1 aliphatic heterocycles. The average molecular weight is 218 g/mol. The summed E-state index contributed by atoms with van der Waals surface area (Å²) < 4.78 is 5.31. The molecule has 4 heteroatoms. The Hall–Kier alpha value is -1.39. The topological polar surface area (TPSA) is 64.3 Å². The summed E-state index contributed by atoms with van der Waals surface area (Å²) in [4.78, 5) is 11.8. The molecule has 0 radical (unpaired) electrons. The maximum atomic E-state index is 11.8. The Kier molecular flexibility index (Phi) is 2.19. The molecule has 3 rings (SSSR count). The molecule has 84 valence electrons. The first-order chi connectivity index (χ1) is 7.74. The van der Waals surface area contributed by atoms with Gasteiger partial charge in [0.05, 0.1) is 13.2 Å². The predicted octanol–water partition coefficient (Wildman–Crippen LogP) is 0.546. The first kappa shape index (κ1) is 9.81. The number of carbonyl (C=O) groups is 1. The average Bonchev–Trinajstić information content (AvgIpc) is 2.81. The first-order valence-electron chi connectivity index (χ1n) is 5.50. The summed E-state index contributed by atoms with van der Waals surface area (Å²) in [6.45, 7) is 1.27. The van der Waals surface area contributed by atoms with Crippen molar-refractivity contribution in [3.63, 3.8) is 0 Å². The molecule has 1 amide bonds. The van der Waals surface area contributed by atoms with Crippen molar-refractivity contribution in [1.29, 1.82) is 0 Å². The lowest BCUT2D eigenvalue weighted by Crippen LogP contribution is -2.29. The van der Waals surface area contributed by atoms with Crippen molar-refractivity contribution in [3.05, 3.63) is 34.9 Å². The van der Waals surface area contributed by atoms with E-state index in [1.54, 1.807) is 0 Å². The van der Waals surface area contributed by atoms with Crippen LogP contribution in [0.5, 0.6) is 0 Å². The third-order valence-corrected chi connectivity index (χ3v) is 3.14. The number of nitrogens with one attached hydrogen (secondary N) is 1. The molecule has 0 spiro atoms. The normalized spacial score (nSPS) is 26.3. The largest absolute Gasteiger partial charge is 0.372 e. The molecule has 2 unspecified atom stereocenters. The number of rotatable bonds is 2. The van der Waals surface area contributed by atoms with Crippen LogP contribution in [0.25, 0.3) is 0 Å². The Labute approximate surface area is 93.8 Å². The maximum Gasteiger partial charge on any atom is 0.251 e. The summed E-state index contributed by atoms with van der Waals surface area (Å²) in [6.07, 6.45) is 0.889. The molecule has 0 saturated heterocycles. The van der Waals surface area contributed by atoms with Crippen LogP contribution >= 0.6 is 0 Å². The predicted molar refractivity (Wildman–Crippen MR) is 58.8 cm³/mol. The van der Waals surface area contributed by atoms with Gasteiger partial charge in [0.1, 0.15) is 0 Å². The SMILES string of the molecule is NC1CC1NC(=O)c1ccc2c(c1)COC2. The number of ether oxygens (including phenoxy) is 1. The minimum atomic E-state index is -0.0346. The van der Waals surface area contributed by atoms with Crippen LogP contribution in [0.2, 0.25) is 0 Å². The highest BCUT2D eigenvalue weighted by atomic mass is 16.5. The molecule has 16 heavy (non-hydrogen) atoms. The third-order valence-electron chi connectivity index (χ3n) is 3.14. The number of nitrogens with two attached hydrogens (primary N) is 1. The van der Waals surface area contributed by atoms with E-state index in [0.717, 1.165) is 12.0 Å². The highest BCUT2D eigenvalue weighted by Gasteiger charge is 2.34. The fourth-order valence-corrected chi connectivity index (χ4v) is 1.95. The summed E-state index contributed by atoms with van der Waals surface area (Å²) in [7, 11) is 0. The van der Waals surface area contributed by atoms with Gasteiger partial charge in [-0.2, -0.15) is 0 Å². The van der Waals surface area contributed by atoms with Crippen LogP contribution in [0.15, 0.2) is 18.2 Å². The van der Waals surface area contributed by atoms with Crippen LogP contribution in [-0.4, -0.2) is 18.0 Å². The van der Waals surface area contributed by atoms with Gasteiger partial charge in [0.15, 0.2) is 0 Å². The Morgan fingerprint density at radius 2 is 2.12 bits per heavy atom. The number of hydrogen-bond acceptors (Lipinski definition) is 3. The zero-order valence-electron chi connectivity index (χ0n) is 8.90. The second kappa shape index (κ2) is 3.57. The lowest BCUT2D eigenvalue weighted by molar-refractivity contribution is 0.0950. The van der Waals surface area contributed by atoms with Gasteiger partial charge in [-0.25, -0.2) is 0 Å². The zero-order valence-corrected chi connectivity index (χ0v) is 8.90. The van der Waals surface area contributed by atoms with Crippen molar-refractivity contribution in [1.82, 2.24) is 5.32 Å². The van der Waals surface area contributed by atoms with Gasteiger partial charge >= 0.3 is 0 Å². The van der Waals surface area contributed by atoms with Crippen molar-refractivity contribution in [3.8, 4) is 0 Å². The highest BCUT2D eigenvalue weighted by Crippen LogP contribution is 2.22. The van der Waals surface area contributed by atoms with Crippen LogP contribution in [0.3, 0.4) is 0 Å². The van der Waals surface area contributed by atoms with E-state index < -0.39 is 0 Å². The first-order valence-corrected chi connectivity index (χ1v) is 5.50. The van der Waals surface area contributed by atoms with Gasteiger partial charge in [-0.05, 0) is 29.7 Å². The van der Waals surface area contributed by atoms with E-state index in [1.165, 1.54) is 5.56 Å². The third kappa shape index (κ3) is 1.70. The molecule has 0 bridgehead atoms. The van der Waals surface area contributed by atoms with E-state index in [1.807, 2.05) is 18.2 Å². The molecule has 2 aliphatic rings. The summed E-state index contributed by atoms with van der Waals surface area (Å²) in [6, 6.07) is 6.02. The lowest BCUT2D eigenvalue weighted by Gasteiger charge is -2.05. The maximum absolute atomic E-state index is 11.8. The van der Waals surface area contributed by atoms with Crippen LogP contribution in [0.1, 0.15) is 27.9 Å². The summed E-state index contributed by atoms with van der Waals surface area (Å²) in [5.74, 6) is -0.0346. The molecule has 1 saturated carbocycles. The standard InChI is InChI=1S/C12H14N2O2/c13-10-4-11(10)14-12(15)7-1-2-8-5-16-6-9(8)3-7/h1-3,10-11H,4-6,13H2,(H,14,15). The number of benzene rings is 1. The Morgan fingerprint density at radius 1 is 1.38 bits per heavy atom. The van der Waals surface area contributed by atoms with Gasteiger partial charge in [0.25, 0.3) is 5.91 Å². The quantitative estimate of drug-likeness (QED) is 0.761. The number of hydrogen-bond donors (Lipinski definition) is 2. The van der Waals surface area contributed by atoms with E-state index in [-0.39, 0.29) is 18.0 Å². The molecule has 2 atom stereocenters. The van der Waals surface area contributed by atoms with Gasteiger partial charge in [-0.15, -0.1) is 0 Å². The van der Waals surface area contributed by atoms with Crippen LogP contribution in [-0.2, 0) is 18.0 Å². The van der Waals surface area contributed by atoms with Crippen molar-refractivity contribution in [2.24, 2.45) is 5.73 Å². The summed E-state index contributed by atoms with van der Waals surface area (Å²) in [5.41, 5.74) is 8.64. The minimum Gasteiger partial charge on any atom is -0.372 e. The van der Waals surface area contributed by atoms with E-state index in [0.29, 0.717) is 18.8 Å². The van der Waals surface area contributed by atoms with E-state index in [2.05, 4.69) is 5.32 Å². The van der Waals surface area contributed by atoms with Gasteiger partial charge < -0.3 is 15.8 Å². The van der Waals surface area contributed by atoms with Gasteiger partial charge in [0, 0.05) is 17.6 Å². The van der Waals surface area contributed by atoms with Gasteiger partial charge in [-0.1, -0.05) is 6.07 Å². The van der Waals surface area contributed by atoms with Crippen LogP contribution in [0.4, 0.5) is 0 Å². The summed E-state index contributed by atoms with van der Waals surface area (Å²) >= 11 is 0. The minimum absolute atomic E-state index is 0.0346. The number of amides is 1. The molecular formula is C12H14N2O2. The number of carbonyl (C=O) groups excluding carboxylic acids is 1. The van der Waals surface area contributed by atoms with E-state index in [4.69, 9.17) is 10.5 Å². The molecular weight excluding hydrogens is 204 g/mol. The molecule has 3 N–H and O–H groups in total. The zero-order chi connectivity index (χ0) is 11.1. The molecule has 1 aromatic carbocycles. The Morgan fingerprint density at radius 3 is 2.88 bits per heavy atom. The smallest absolute Gasteiger partial charge is 0.251 e. The molecule has 4 nitrogen and oxygen atoms in total. The van der Waals surface area contributed by atoms with E-state index >= 15 is 0 Å². The van der Waals surface area contributed by atoms with Crippen molar-refractivity contribution >= 4 is 5.91 Å². The summed E-state index contributed by atoms with van der Waals surface area (Å²) in [5, 5.41) is 2.91. The Balaban J connectivity index is 1.76. The van der Waals surface area contributed by atoms with Crippen molar-refractivity contribution in [2.45, 2.75) is 31.7 Å². The number of fused-ring (bicyclic) bond motifs is 1. The second-order valence-electron chi connectivity index (χ2n) is 4.46. The Bertz CT molecular complexity index is 445. The van der Waals surface area contributed by atoms with Gasteiger partial charge in [0.2, 0.25) is 0 Å². The van der Waals surface area contributed by atoms with Crippen molar-refractivity contribution < 1.29 is 9.53 Å². The molecule has 1 aliphatic carbocycles. The van der Waals surface area contributed by atoms with E-state index in [9.17, 15) is 4.79 Å². The molecule has 1 fully saturated rings. The van der Waals surface area contributed by atoms with Gasteiger partial charge in [-0.3, -0.25) is 4.79 Å². The van der Waals surface area contributed by atoms with Crippen molar-refractivity contribution in [2.75, 3.05) is 0 Å². The monoisotopic (exact) mass is 218 g/mol. The molecule has 1 aromatic rings. The fraction of sp³-hybridized carbons (Fsp3) is 0.417. The van der Waals surface area contributed by atoms with Crippen LogP contribution < -0.4 is 11.1 Å². The highest BCUT2D eigenvalue weighted by molar-refractivity contribution is 5.95. The molecule has 0 aromatic heterocycles.